The number of halogens is 3. The number of nitrogens with one attached hydrogen (secondary N) is 1. The van der Waals surface area contributed by atoms with E-state index in [0.717, 1.165) is 0 Å². The molecule has 2 unspecified atom stereocenters. The number of piperazine rings is 1. The van der Waals surface area contributed by atoms with Crippen molar-refractivity contribution in [1.82, 2.24) is 10.2 Å². The molecular formula is C11H15F3N2O2. The number of nitrogens with zero attached hydrogens (tertiary/aromatic N) is 1. The molecule has 2 rings (SSSR count). The maximum absolute atomic E-state index is 12.6. The fraction of sp³-hybridized carbons (Fsp3) is 0.818. The topological polar surface area (TPSA) is 49.4 Å². The predicted molar refractivity (Wildman–Crippen MR) is 56.5 cm³/mol. The Bertz CT molecular complexity index is 392. The standard InChI is InChI=1S/C11H15F3N2O2/c1-6-8(17)16(5-11(12,13)14)10(2,7-3-4-7)9(18)15-6/h6-7H,3-5H2,1-2H3,(H,15,18). The molecule has 0 aromatic heterocycles. The van der Waals surface area contributed by atoms with Gasteiger partial charge in [0.25, 0.3) is 0 Å². The molecule has 1 aliphatic heterocycles. The maximum atomic E-state index is 12.6. The average Bonchev–Trinajstić information content (AvgIpc) is 3.04. The summed E-state index contributed by atoms with van der Waals surface area (Å²) in [5, 5.41) is 2.46. The van der Waals surface area contributed by atoms with E-state index in [-0.39, 0.29) is 5.92 Å². The zero-order chi connectivity index (χ0) is 13.7. The molecule has 0 bridgehead atoms. The summed E-state index contributed by atoms with van der Waals surface area (Å²) < 4.78 is 37.7. The van der Waals surface area contributed by atoms with E-state index >= 15 is 0 Å². The van der Waals surface area contributed by atoms with Gasteiger partial charge in [0.15, 0.2) is 0 Å². The van der Waals surface area contributed by atoms with Crippen molar-refractivity contribution in [2.75, 3.05) is 6.54 Å². The Morgan fingerprint density at radius 2 is 1.94 bits per heavy atom. The van der Waals surface area contributed by atoms with E-state index < -0.39 is 36.1 Å². The van der Waals surface area contributed by atoms with Crippen molar-refractivity contribution >= 4 is 11.8 Å². The first kappa shape index (κ1) is 13.2. The maximum Gasteiger partial charge on any atom is 0.406 e. The largest absolute Gasteiger partial charge is 0.406 e. The van der Waals surface area contributed by atoms with E-state index in [0.29, 0.717) is 17.7 Å². The SMILES string of the molecule is CC1NC(=O)C(C)(C2CC2)N(CC(F)(F)F)C1=O. The van der Waals surface area contributed by atoms with Crippen molar-refractivity contribution in [2.45, 2.75) is 44.4 Å². The van der Waals surface area contributed by atoms with Gasteiger partial charge in [-0.2, -0.15) is 13.2 Å². The second-order valence-electron chi connectivity index (χ2n) is 5.16. The summed E-state index contributed by atoms with van der Waals surface area (Å²) >= 11 is 0. The Balaban J connectivity index is 2.33. The van der Waals surface area contributed by atoms with E-state index in [1.807, 2.05) is 0 Å². The van der Waals surface area contributed by atoms with Crippen LogP contribution in [0.2, 0.25) is 0 Å². The molecule has 1 saturated carbocycles. The van der Waals surface area contributed by atoms with Crippen LogP contribution in [0.1, 0.15) is 26.7 Å². The highest BCUT2D eigenvalue weighted by Gasteiger charge is 2.58. The van der Waals surface area contributed by atoms with Crippen LogP contribution in [0.25, 0.3) is 0 Å². The minimum Gasteiger partial charge on any atom is -0.343 e. The molecule has 1 aliphatic carbocycles. The van der Waals surface area contributed by atoms with Crippen molar-refractivity contribution in [3.05, 3.63) is 0 Å². The lowest BCUT2D eigenvalue weighted by molar-refractivity contribution is -0.183. The molecule has 7 heteroatoms. The van der Waals surface area contributed by atoms with Gasteiger partial charge >= 0.3 is 6.18 Å². The van der Waals surface area contributed by atoms with Gasteiger partial charge in [-0.05, 0) is 32.6 Å². The van der Waals surface area contributed by atoms with Crippen molar-refractivity contribution in [2.24, 2.45) is 5.92 Å². The highest BCUT2D eigenvalue weighted by Crippen LogP contribution is 2.45. The third-order valence-electron chi connectivity index (χ3n) is 3.71. The number of carbonyl (C=O) groups is 2. The number of hydrogen-bond acceptors (Lipinski definition) is 2. The van der Waals surface area contributed by atoms with Gasteiger partial charge in [0.1, 0.15) is 18.1 Å². The van der Waals surface area contributed by atoms with Crippen LogP contribution >= 0.6 is 0 Å². The monoisotopic (exact) mass is 264 g/mol. The summed E-state index contributed by atoms with van der Waals surface area (Å²) in [5.74, 6) is -1.32. The molecular weight excluding hydrogens is 249 g/mol. The lowest BCUT2D eigenvalue weighted by atomic mass is 9.88. The number of amides is 2. The van der Waals surface area contributed by atoms with Gasteiger partial charge in [-0.1, -0.05) is 0 Å². The van der Waals surface area contributed by atoms with Crippen LogP contribution < -0.4 is 5.32 Å². The summed E-state index contributed by atoms with van der Waals surface area (Å²) in [7, 11) is 0. The van der Waals surface area contributed by atoms with Crippen LogP contribution in [0.15, 0.2) is 0 Å². The van der Waals surface area contributed by atoms with Gasteiger partial charge in [0.2, 0.25) is 11.8 Å². The minimum atomic E-state index is -4.50. The molecule has 0 radical (unpaired) electrons. The first-order valence-corrected chi connectivity index (χ1v) is 5.85. The molecule has 1 heterocycles. The second kappa shape index (κ2) is 3.86. The van der Waals surface area contributed by atoms with Crippen LogP contribution in [0, 0.1) is 5.92 Å². The van der Waals surface area contributed by atoms with Gasteiger partial charge < -0.3 is 10.2 Å². The third kappa shape index (κ3) is 2.06. The molecule has 2 aliphatic rings. The van der Waals surface area contributed by atoms with Crippen molar-refractivity contribution in [1.29, 1.82) is 0 Å². The summed E-state index contributed by atoms with van der Waals surface area (Å²) in [5.41, 5.74) is -1.36. The van der Waals surface area contributed by atoms with Crippen molar-refractivity contribution in [3.8, 4) is 0 Å². The molecule has 1 N–H and O–H groups in total. The number of carbonyl (C=O) groups excluding carboxylic acids is 2. The zero-order valence-electron chi connectivity index (χ0n) is 10.2. The van der Waals surface area contributed by atoms with Crippen LogP contribution in [-0.2, 0) is 9.59 Å². The average molecular weight is 264 g/mol. The van der Waals surface area contributed by atoms with Crippen LogP contribution in [0.5, 0.6) is 0 Å². The fourth-order valence-corrected chi connectivity index (χ4v) is 2.46. The molecule has 102 valence electrons. The molecule has 2 atom stereocenters. The van der Waals surface area contributed by atoms with Gasteiger partial charge in [0, 0.05) is 0 Å². The molecule has 0 aromatic rings. The summed E-state index contributed by atoms with van der Waals surface area (Å²) in [6.07, 6.45) is -3.14. The Morgan fingerprint density at radius 3 is 2.39 bits per heavy atom. The third-order valence-corrected chi connectivity index (χ3v) is 3.71. The van der Waals surface area contributed by atoms with Crippen molar-refractivity contribution < 1.29 is 22.8 Å². The fourth-order valence-electron chi connectivity index (χ4n) is 2.46. The molecule has 1 saturated heterocycles. The summed E-state index contributed by atoms with van der Waals surface area (Å²) in [6, 6.07) is -0.897. The molecule has 2 fully saturated rings. The Kier molecular flexibility index (Phi) is 2.82. The molecule has 4 nitrogen and oxygen atoms in total. The normalized spacial score (nSPS) is 33.6. The lowest BCUT2D eigenvalue weighted by Crippen LogP contribution is -2.71. The Labute approximate surface area is 103 Å². The van der Waals surface area contributed by atoms with Gasteiger partial charge in [-0.15, -0.1) is 0 Å². The zero-order valence-corrected chi connectivity index (χ0v) is 10.2. The smallest absolute Gasteiger partial charge is 0.343 e. The quantitative estimate of drug-likeness (QED) is 0.811. The molecule has 18 heavy (non-hydrogen) atoms. The molecule has 2 amide bonds. The van der Waals surface area contributed by atoms with E-state index in [1.165, 1.54) is 13.8 Å². The molecule has 0 aromatic carbocycles. The van der Waals surface area contributed by atoms with E-state index in [4.69, 9.17) is 0 Å². The number of hydrogen-bond donors (Lipinski definition) is 1. The van der Waals surface area contributed by atoms with E-state index in [2.05, 4.69) is 5.32 Å². The van der Waals surface area contributed by atoms with E-state index in [1.54, 1.807) is 0 Å². The van der Waals surface area contributed by atoms with Gasteiger partial charge in [-0.25, -0.2) is 0 Å². The van der Waals surface area contributed by atoms with E-state index in [9.17, 15) is 22.8 Å². The van der Waals surface area contributed by atoms with Crippen LogP contribution in [0.3, 0.4) is 0 Å². The number of rotatable bonds is 2. The second-order valence-corrected chi connectivity index (χ2v) is 5.16. The Morgan fingerprint density at radius 1 is 1.39 bits per heavy atom. The van der Waals surface area contributed by atoms with Gasteiger partial charge in [0.05, 0.1) is 0 Å². The first-order valence-electron chi connectivity index (χ1n) is 5.85. The predicted octanol–water partition coefficient (Wildman–Crippen LogP) is 1.06. The lowest BCUT2D eigenvalue weighted by Gasteiger charge is -2.46. The highest BCUT2D eigenvalue weighted by atomic mass is 19.4. The number of alkyl halides is 3. The Hall–Kier alpha value is -1.27. The minimum absolute atomic E-state index is 0.170. The summed E-state index contributed by atoms with van der Waals surface area (Å²) in [6.45, 7) is 1.46. The van der Waals surface area contributed by atoms with Crippen molar-refractivity contribution in [3.63, 3.8) is 0 Å². The van der Waals surface area contributed by atoms with Crippen LogP contribution in [-0.4, -0.2) is 41.0 Å². The van der Waals surface area contributed by atoms with Gasteiger partial charge in [-0.3, -0.25) is 9.59 Å². The molecule has 0 spiro atoms. The summed E-state index contributed by atoms with van der Waals surface area (Å²) in [4.78, 5) is 24.6. The highest BCUT2D eigenvalue weighted by molar-refractivity contribution is 5.99. The van der Waals surface area contributed by atoms with Crippen LogP contribution in [0.4, 0.5) is 13.2 Å². The first-order chi connectivity index (χ1) is 8.16.